The third-order valence-electron chi connectivity index (χ3n) is 5.59. The maximum Gasteiger partial charge on any atom is 0.417 e. The van der Waals surface area contributed by atoms with Gasteiger partial charge in [-0.05, 0) is 67.1 Å². The van der Waals surface area contributed by atoms with Crippen LogP contribution in [0, 0.1) is 6.92 Å². The smallest absolute Gasteiger partial charge is 0.417 e. The standard InChI is InChI=1S/C27H19ClF3N3O/c1-17-25-23(27(29,30)31)15-24(32-26(25)34(33-17)21-11-9-20(28)10-12-21)19-7-13-22(14-8-19)35-16-18-5-3-2-4-6-18/h2-15H,16H2,1H3. The van der Waals surface area contributed by atoms with Gasteiger partial charge in [0.05, 0.1) is 28.0 Å². The predicted molar refractivity (Wildman–Crippen MR) is 130 cm³/mol. The molecule has 0 saturated heterocycles. The average molecular weight is 494 g/mol. The number of halogens is 4. The van der Waals surface area contributed by atoms with E-state index in [-0.39, 0.29) is 22.4 Å². The van der Waals surface area contributed by atoms with Crippen molar-refractivity contribution in [3.8, 4) is 22.7 Å². The fraction of sp³-hybridized carbons (Fsp3) is 0.111. The minimum absolute atomic E-state index is 0.0287. The van der Waals surface area contributed by atoms with Crippen molar-refractivity contribution in [2.75, 3.05) is 0 Å². The molecule has 0 saturated carbocycles. The van der Waals surface area contributed by atoms with Crippen LogP contribution >= 0.6 is 11.6 Å². The Morgan fingerprint density at radius 1 is 0.914 bits per heavy atom. The molecule has 5 aromatic rings. The van der Waals surface area contributed by atoms with Gasteiger partial charge in [0.15, 0.2) is 5.65 Å². The molecule has 5 rings (SSSR count). The Balaban J connectivity index is 1.56. The van der Waals surface area contributed by atoms with E-state index in [1.54, 1.807) is 55.5 Å². The van der Waals surface area contributed by atoms with Crippen LogP contribution in [0.25, 0.3) is 28.0 Å². The molecule has 0 spiro atoms. The van der Waals surface area contributed by atoms with Crippen LogP contribution in [-0.4, -0.2) is 14.8 Å². The minimum atomic E-state index is -4.58. The van der Waals surface area contributed by atoms with Crippen LogP contribution in [0.15, 0.2) is 84.9 Å². The van der Waals surface area contributed by atoms with E-state index in [0.717, 1.165) is 11.6 Å². The first-order valence-corrected chi connectivity index (χ1v) is 11.2. The molecule has 0 N–H and O–H groups in total. The van der Waals surface area contributed by atoms with Gasteiger partial charge in [0.25, 0.3) is 0 Å². The molecule has 3 aromatic carbocycles. The number of pyridine rings is 1. The highest BCUT2D eigenvalue weighted by atomic mass is 35.5. The molecule has 0 aliphatic heterocycles. The fourth-order valence-corrected chi connectivity index (χ4v) is 4.01. The zero-order valence-corrected chi connectivity index (χ0v) is 19.3. The van der Waals surface area contributed by atoms with Crippen LogP contribution < -0.4 is 4.74 Å². The quantitative estimate of drug-likeness (QED) is 0.252. The number of alkyl halides is 3. The highest BCUT2D eigenvalue weighted by Gasteiger charge is 2.35. The maximum absolute atomic E-state index is 14.1. The van der Waals surface area contributed by atoms with E-state index in [1.165, 1.54) is 4.68 Å². The van der Waals surface area contributed by atoms with Gasteiger partial charge < -0.3 is 4.74 Å². The number of hydrogen-bond acceptors (Lipinski definition) is 3. The minimum Gasteiger partial charge on any atom is -0.489 e. The molecule has 8 heteroatoms. The van der Waals surface area contributed by atoms with E-state index in [9.17, 15) is 13.2 Å². The summed E-state index contributed by atoms with van der Waals surface area (Å²) in [4.78, 5) is 4.59. The van der Waals surface area contributed by atoms with Crippen LogP contribution in [0.5, 0.6) is 5.75 Å². The molecule has 0 aliphatic rings. The summed E-state index contributed by atoms with van der Waals surface area (Å²) < 4.78 is 49.5. The molecular weight excluding hydrogens is 475 g/mol. The van der Waals surface area contributed by atoms with Gasteiger partial charge in [-0.15, -0.1) is 0 Å². The lowest BCUT2D eigenvalue weighted by Crippen LogP contribution is -2.08. The van der Waals surface area contributed by atoms with Gasteiger partial charge in [-0.2, -0.15) is 18.3 Å². The topological polar surface area (TPSA) is 39.9 Å². The third kappa shape index (κ3) is 4.72. The normalized spacial score (nSPS) is 11.7. The maximum atomic E-state index is 14.1. The largest absolute Gasteiger partial charge is 0.489 e. The summed E-state index contributed by atoms with van der Waals surface area (Å²) in [5.74, 6) is 0.608. The molecule has 0 unspecified atom stereocenters. The summed E-state index contributed by atoms with van der Waals surface area (Å²) in [5, 5.41) is 4.84. The summed E-state index contributed by atoms with van der Waals surface area (Å²) in [6.07, 6.45) is -4.58. The summed E-state index contributed by atoms with van der Waals surface area (Å²) >= 11 is 5.98. The van der Waals surface area contributed by atoms with Gasteiger partial charge in [0.1, 0.15) is 12.4 Å². The number of benzene rings is 3. The summed E-state index contributed by atoms with van der Waals surface area (Å²) in [6, 6.07) is 24.3. The number of aromatic nitrogens is 3. The SMILES string of the molecule is Cc1nn(-c2ccc(Cl)cc2)c2nc(-c3ccc(OCc4ccccc4)cc3)cc(C(F)(F)F)c12. The van der Waals surface area contributed by atoms with E-state index in [4.69, 9.17) is 16.3 Å². The first kappa shape index (κ1) is 22.9. The number of aryl methyl sites for hydroxylation is 1. The van der Waals surface area contributed by atoms with Crippen LogP contribution in [-0.2, 0) is 12.8 Å². The van der Waals surface area contributed by atoms with Gasteiger partial charge in [0, 0.05) is 10.6 Å². The molecule has 35 heavy (non-hydrogen) atoms. The molecule has 0 aliphatic carbocycles. The number of nitrogens with zero attached hydrogens (tertiary/aromatic N) is 3. The van der Waals surface area contributed by atoms with Crippen molar-refractivity contribution in [1.29, 1.82) is 0 Å². The first-order chi connectivity index (χ1) is 16.8. The van der Waals surface area contributed by atoms with E-state index >= 15 is 0 Å². The second kappa shape index (κ2) is 9.07. The summed E-state index contributed by atoms with van der Waals surface area (Å²) in [5.41, 5.74) is 1.89. The molecule has 0 bridgehead atoms. The van der Waals surface area contributed by atoms with Crippen LogP contribution in [0.3, 0.4) is 0 Å². The molecule has 0 amide bonds. The van der Waals surface area contributed by atoms with Crippen molar-refractivity contribution in [1.82, 2.24) is 14.8 Å². The first-order valence-electron chi connectivity index (χ1n) is 10.8. The number of hydrogen-bond donors (Lipinski definition) is 0. The van der Waals surface area contributed by atoms with Crippen molar-refractivity contribution in [2.24, 2.45) is 0 Å². The Hall–Kier alpha value is -3.84. The number of fused-ring (bicyclic) bond motifs is 1. The number of rotatable bonds is 5. The molecule has 2 heterocycles. The van der Waals surface area contributed by atoms with Crippen molar-refractivity contribution in [3.05, 3.63) is 107 Å². The van der Waals surface area contributed by atoms with E-state index < -0.39 is 11.7 Å². The van der Waals surface area contributed by atoms with Gasteiger partial charge in [-0.25, -0.2) is 9.67 Å². The zero-order chi connectivity index (χ0) is 24.6. The highest BCUT2D eigenvalue weighted by Crippen LogP contribution is 2.39. The molecule has 2 aromatic heterocycles. The third-order valence-corrected chi connectivity index (χ3v) is 5.84. The van der Waals surface area contributed by atoms with E-state index in [2.05, 4.69) is 10.1 Å². The van der Waals surface area contributed by atoms with Crippen molar-refractivity contribution in [3.63, 3.8) is 0 Å². The van der Waals surface area contributed by atoms with Gasteiger partial charge >= 0.3 is 6.18 Å². The summed E-state index contributed by atoms with van der Waals surface area (Å²) in [6.45, 7) is 1.94. The molecule has 0 atom stereocenters. The fourth-order valence-electron chi connectivity index (χ4n) is 3.89. The Kier molecular flexibility index (Phi) is 5.94. The Morgan fingerprint density at radius 2 is 1.60 bits per heavy atom. The Bertz CT molecular complexity index is 1480. The average Bonchev–Trinajstić information content (AvgIpc) is 3.19. The lowest BCUT2D eigenvalue weighted by molar-refractivity contribution is -0.136. The van der Waals surface area contributed by atoms with E-state index in [1.807, 2.05) is 30.3 Å². The highest BCUT2D eigenvalue weighted by molar-refractivity contribution is 6.30. The Labute approximate surface area is 204 Å². The summed E-state index contributed by atoms with van der Waals surface area (Å²) in [7, 11) is 0. The van der Waals surface area contributed by atoms with Gasteiger partial charge in [-0.1, -0.05) is 41.9 Å². The number of ether oxygens (including phenoxy) is 1. The predicted octanol–water partition coefficient (Wildman–Crippen LogP) is 7.65. The van der Waals surface area contributed by atoms with Crippen molar-refractivity contribution >= 4 is 22.6 Å². The monoisotopic (exact) mass is 493 g/mol. The zero-order valence-electron chi connectivity index (χ0n) is 18.6. The van der Waals surface area contributed by atoms with Crippen molar-refractivity contribution in [2.45, 2.75) is 19.7 Å². The Morgan fingerprint density at radius 3 is 2.26 bits per heavy atom. The second-order valence-electron chi connectivity index (χ2n) is 8.02. The van der Waals surface area contributed by atoms with Crippen molar-refractivity contribution < 1.29 is 17.9 Å². The van der Waals surface area contributed by atoms with E-state index in [0.29, 0.717) is 28.6 Å². The molecule has 0 radical (unpaired) electrons. The molecule has 176 valence electrons. The van der Waals surface area contributed by atoms with Crippen LogP contribution in [0.4, 0.5) is 13.2 Å². The van der Waals surface area contributed by atoms with Crippen LogP contribution in [0.1, 0.15) is 16.8 Å². The molecule has 0 fully saturated rings. The van der Waals surface area contributed by atoms with Gasteiger partial charge in [0.2, 0.25) is 0 Å². The molecular formula is C27H19ClF3N3O. The lowest BCUT2D eigenvalue weighted by Gasteiger charge is -2.12. The van der Waals surface area contributed by atoms with Gasteiger partial charge in [-0.3, -0.25) is 0 Å². The second-order valence-corrected chi connectivity index (χ2v) is 8.46. The molecule has 4 nitrogen and oxygen atoms in total. The lowest BCUT2D eigenvalue weighted by atomic mass is 10.0. The van der Waals surface area contributed by atoms with Crippen LogP contribution in [0.2, 0.25) is 5.02 Å².